The number of aliphatic hydroxyl groups is 1. The lowest BCUT2D eigenvalue weighted by atomic mass is 10.3. The lowest BCUT2D eigenvalue weighted by molar-refractivity contribution is 0.445. The van der Waals surface area contributed by atoms with Gasteiger partial charge in [-0.05, 0) is 19.1 Å². The van der Waals surface area contributed by atoms with Crippen molar-refractivity contribution in [3.05, 3.63) is 17.6 Å². The molecule has 1 rings (SSSR count). The van der Waals surface area contributed by atoms with Crippen LogP contribution in [0.15, 0.2) is 6.20 Å². The first-order valence-corrected chi connectivity index (χ1v) is 3.28. The molecule has 2 N–H and O–H groups in total. The fourth-order valence-electron chi connectivity index (χ4n) is 0.609. The topological polar surface area (TPSA) is 66.2 Å². The van der Waals surface area contributed by atoms with Crippen LogP contribution >= 0.6 is 12.2 Å². The van der Waals surface area contributed by atoms with Gasteiger partial charge in [0.15, 0.2) is 5.05 Å². The third kappa shape index (κ3) is 1.62. The summed E-state index contributed by atoms with van der Waals surface area (Å²) in [5.74, 6) is 0.146. The molecule has 0 atom stereocenters. The van der Waals surface area contributed by atoms with Gasteiger partial charge in [-0.3, -0.25) is 0 Å². The molecule has 4 nitrogen and oxygen atoms in total. The number of aliphatic hydroxyl groups excluding tert-OH is 1. The summed E-state index contributed by atoms with van der Waals surface area (Å²) < 4.78 is 0. The predicted molar refractivity (Wildman–Crippen MR) is 42.8 cm³/mol. The second-order valence-electron chi connectivity index (χ2n) is 1.96. The van der Waals surface area contributed by atoms with Crippen LogP contribution in [0.3, 0.4) is 0 Å². The van der Waals surface area contributed by atoms with Gasteiger partial charge in [0.1, 0.15) is 11.4 Å². The monoisotopic (exact) mass is 170 g/mol. The normalized spacial score (nSPS) is 9.55. The Labute approximate surface area is 68.5 Å². The molecule has 0 saturated carbocycles. The zero-order valence-electron chi connectivity index (χ0n) is 5.77. The number of hydrogen-bond donors (Lipinski definition) is 2. The summed E-state index contributed by atoms with van der Waals surface area (Å²) in [7, 11) is 0. The van der Waals surface area contributed by atoms with Crippen LogP contribution in [-0.2, 0) is 0 Å². The fourth-order valence-corrected chi connectivity index (χ4v) is 0.753. The highest BCUT2D eigenvalue weighted by Crippen LogP contribution is 2.11. The van der Waals surface area contributed by atoms with Gasteiger partial charge in [0.25, 0.3) is 0 Å². The van der Waals surface area contributed by atoms with Gasteiger partial charge in [0.05, 0.1) is 0 Å². The molecule has 0 fully saturated rings. The number of aromatic nitrogens is 2. The summed E-state index contributed by atoms with van der Waals surface area (Å²) >= 11 is 4.41. The van der Waals surface area contributed by atoms with E-state index in [-0.39, 0.29) is 11.4 Å². The predicted octanol–water partition coefficient (Wildman–Crippen LogP) is 0.724. The molecule has 1 aromatic rings. The molecule has 0 saturated heterocycles. The maximum Gasteiger partial charge on any atom is 0.226 e. The first-order valence-electron chi connectivity index (χ1n) is 2.87. The highest BCUT2D eigenvalue weighted by atomic mass is 32.1. The quantitative estimate of drug-likeness (QED) is 0.608. The van der Waals surface area contributed by atoms with Gasteiger partial charge in [-0.15, -0.1) is 0 Å². The highest BCUT2D eigenvalue weighted by Gasteiger charge is 2.06. The van der Waals surface area contributed by atoms with Crippen LogP contribution in [0.25, 0.3) is 0 Å². The highest BCUT2D eigenvalue weighted by molar-refractivity contribution is 7.80. The van der Waals surface area contributed by atoms with Gasteiger partial charge >= 0.3 is 0 Å². The van der Waals surface area contributed by atoms with E-state index in [1.165, 1.54) is 6.20 Å². The molecule has 0 aliphatic heterocycles. The number of rotatable bonds is 1. The summed E-state index contributed by atoms with van der Waals surface area (Å²) in [4.78, 5) is 7.33. The zero-order chi connectivity index (χ0) is 8.43. The molecule has 0 unspecified atom stereocenters. The van der Waals surface area contributed by atoms with Crippen LogP contribution in [0, 0.1) is 6.92 Å². The molecule has 5 heteroatoms. The molecule has 58 valence electrons. The summed E-state index contributed by atoms with van der Waals surface area (Å²) in [6, 6.07) is 0. The van der Waals surface area contributed by atoms with Gasteiger partial charge < -0.3 is 10.2 Å². The van der Waals surface area contributed by atoms with E-state index < -0.39 is 5.05 Å². The van der Waals surface area contributed by atoms with Crippen molar-refractivity contribution in [2.45, 2.75) is 6.92 Å². The van der Waals surface area contributed by atoms with E-state index in [4.69, 9.17) is 10.2 Å². The van der Waals surface area contributed by atoms with E-state index in [1.807, 2.05) is 0 Å². The number of aromatic hydroxyl groups is 1. The molecule has 0 amide bonds. The first-order chi connectivity index (χ1) is 5.11. The van der Waals surface area contributed by atoms with Crippen molar-refractivity contribution in [2.75, 3.05) is 0 Å². The Morgan fingerprint density at radius 2 is 2.27 bits per heavy atom. The Bertz CT molecular complexity index is 301. The smallest absolute Gasteiger partial charge is 0.226 e. The van der Waals surface area contributed by atoms with Crippen molar-refractivity contribution in [1.29, 1.82) is 0 Å². The number of thiocarbonyl (C=S) groups is 1. The molecule has 11 heavy (non-hydrogen) atoms. The summed E-state index contributed by atoms with van der Waals surface area (Å²) in [6.45, 7) is 1.63. The molecule has 0 aromatic carbocycles. The SMILES string of the molecule is Cc1ncc(C(O)=S)c(O)n1. The van der Waals surface area contributed by atoms with E-state index in [1.54, 1.807) is 6.92 Å². The van der Waals surface area contributed by atoms with E-state index in [0.29, 0.717) is 5.82 Å². The number of aryl methyl sites for hydroxylation is 1. The van der Waals surface area contributed by atoms with E-state index in [2.05, 4.69) is 22.2 Å². The molecule has 0 aliphatic carbocycles. The van der Waals surface area contributed by atoms with Crippen LogP contribution in [0.5, 0.6) is 5.88 Å². The van der Waals surface area contributed by atoms with Crippen LogP contribution in [0.1, 0.15) is 11.4 Å². The summed E-state index contributed by atoms with van der Waals surface area (Å²) in [6.07, 6.45) is 1.28. The largest absolute Gasteiger partial charge is 0.498 e. The molecule has 1 heterocycles. The van der Waals surface area contributed by atoms with E-state index >= 15 is 0 Å². The van der Waals surface area contributed by atoms with Gasteiger partial charge in [-0.25, -0.2) is 4.98 Å². The van der Waals surface area contributed by atoms with Gasteiger partial charge in [0.2, 0.25) is 5.88 Å². The Morgan fingerprint density at radius 3 is 2.73 bits per heavy atom. The molecule has 1 aromatic heterocycles. The lowest BCUT2D eigenvalue weighted by Crippen LogP contribution is -1.99. The number of hydrogen-bond acceptors (Lipinski definition) is 4. The van der Waals surface area contributed by atoms with Crippen LogP contribution in [0.4, 0.5) is 0 Å². The Kier molecular flexibility index (Phi) is 2.00. The summed E-state index contributed by atoms with van der Waals surface area (Å²) in [5.41, 5.74) is 0.0885. The molecular formula is C6H6N2O2S. The van der Waals surface area contributed by atoms with Crippen molar-refractivity contribution >= 4 is 17.3 Å². The van der Waals surface area contributed by atoms with Gasteiger partial charge in [-0.2, -0.15) is 4.98 Å². The molecule has 0 aliphatic rings. The maximum atomic E-state index is 9.06. The average molecular weight is 170 g/mol. The zero-order valence-corrected chi connectivity index (χ0v) is 6.59. The average Bonchev–Trinajstić information content (AvgIpc) is 1.85. The van der Waals surface area contributed by atoms with Crippen molar-refractivity contribution in [1.82, 2.24) is 9.97 Å². The van der Waals surface area contributed by atoms with Crippen molar-refractivity contribution in [3.8, 4) is 5.88 Å². The van der Waals surface area contributed by atoms with Gasteiger partial charge in [0, 0.05) is 6.20 Å². The van der Waals surface area contributed by atoms with E-state index in [9.17, 15) is 0 Å². The molecule has 0 bridgehead atoms. The standard InChI is InChI=1S/C6H6N2O2S/c1-3-7-2-4(6(10)11)5(9)8-3/h2H,1H3,(H,10,11)(H,7,8,9). The molecule has 0 spiro atoms. The van der Waals surface area contributed by atoms with Crippen molar-refractivity contribution in [3.63, 3.8) is 0 Å². The van der Waals surface area contributed by atoms with Crippen molar-refractivity contribution < 1.29 is 10.2 Å². The minimum atomic E-state index is -0.400. The maximum absolute atomic E-state index is 9.06. The van der Waals surface area contributed by atoms with Crippen LogP contribution in [0.2, 0.25) is 0 Å². The Morgan fingerprint density at radius 1 is 1.64 bits per heavy atom. The third-order valence-corrected chi connectivity index (χ3v) is 1.34. The minimum Gasteiger partial charge on any atom is -0.498 e. The summed E-state index contributed by atoms with van der Waals surface area (Å²) in [5, 5.41) is 17.4. The molecule has 0 radical (unpaired) electrons. The number of nitrogens with zero attached hydrogens (tertiary/aromatic N) is 2. The first kappa shape index (κ1) is 7.87. The van der Waals surface area contributed by atoms with Crippen molar-refractivity contribution in [2.24, 2.45) is 0 Å². The molecular weight excluding hydrogens is 164 g/mol. The second-order valence-corrected chi connectivity index (χ2v) is 2.35. The lowest BCUT2D eigenvalue weighted by Gasteiger charge is -1.98. The second kappa shape index (κ2) is 2.79. The fraction of sp³-hybridized carbons (Fsp3) is 0.167. The van der Waals surface area contributed by atoms with Crippen LogP contribution < -0.4 is 0 Å². The van der Waals surface area contributed by atoms with E-state index in [0.717, 1.165) is 0 Å². The van der Waals surface area contributed by atoms with Crippen LogP contribution in [-0.4, -0.2) is 25.2 Å². The third-order valence-electron chi connectivity index (χ3n) is 1.12. The minimum absolute atomic E-state index is 0.0885. The van der Waals surface area contributed by atoms with Gasteiger partial charge in [-0.1, -0.05) is 0 Å². The Hall–Kier alpha value is -1.23. The Balaban J connectivity index is 3.20.